The molecular formula is C19H25N5. The van der Waals surface area contributed by atoms with Crippen LogP contribution < -0.4 is 16.0 Å². The fraction of sp³-hybridized carbons (Fsp3) is 0.421. The molecular weight excluding hydrogens is 298 g/mol. The average Bonchev–Trinajstić information content (AvgIpc) is 2.62. The largest absolute Gasteiger partial charge is 0.399 e. The Labute approximate surface area is 143 Å². The molecule has 0 amide bonds. The summed E-state index contributed by atoms with van der Waals surface area (Å²) in [7, 11) is 2.16. The summed E-state index contributed by atoms with van der Waals surface area (Å²) in [6.07, 6.45) is 4.51. The average molecular weight is 323 g/mol. The van der Waals surface area contributed by atoms with Crippen LogP contribution in [-0.2, 0) is 0 Å². The number of nitrogens with one attached hydrogen (secondary N) is 1. The quantitative estimate of drug-likeness (QED) is 0.831. The maximum Gasteiger partial charge on any atom is 0.138 e. The highest BCUT2D eigenvalue weighted by atomic mass is 15.3. The van der Waals surface area contributed by atoms with Crippen LogP contribution in [0.25, 0.3) is 16.3 Å². The molecule has 1 aromatic heterocycles. The van der Waals surface area contributed by atoms with Crippen molar-refractivity contribution in [1.29, 1.82) is 0 Å². The van der Waals surface area contributed by atoms with Gasteiger partial charge < -0.3 is 15.5 Å². The topological polar surface area (TPSA) is 57.4 Å². The molecule has 3 N–H and O–H groups in total. The molecule has 0 aliphatic carbocycles. The summed E-state index contributed by atoms with van der Waals surface area (Å²) in [6, 6.07) is 8.34. The first-order chi connectivity index (χ1) is 11.7. The zero-order valence-corrected chi connectivity index (χ0v) is 14.3. The van der Waals surface area contributed by atoms with Crippen molar-refractivity contribution in [2.45, 2.75) is 12.8 Å². The molecule has 3 heterocycles. The molecule has 2 aliphatic heterocycles. The van der Waals surface area contributed by atoms with E-state index < -0.39 is 0 Å². The van der Waals surface area contributed by atoms with Gasteiger partial charge in [-0.1, -0.05) is 6.08 Å². The number of aromatic nitrogens is 1. The predicted molar refractivity (Wildman–Crippen MR) is 101 cm³/mol. The highest BCUT2D eigenvalue weighted by Crippen LogP contribution is 2.31. The number of rotatable bonds is 2. The molecule has 0 unspecified atom stereocenters. The van der Waals surface area contributed by atoms with Gasteiger partial charge in [0.05, 0.1) is 12.4 Å². The van der Waals surface area contributed by atoms with E-state index in [0.29, 0.717) is 0 Å². The van der Waals surface area contributed by atoms with Crippen LogP contribution in [0.4, 0.5) is 11.5 Å². The highest BCUT2D eigenvalue weighted by Gasteiger charge is 2.18. The monoisotopic (exact) mass is 323 g/mol. The van der Waals surface area contributed by atoms with Gasteiger partial charge in [-0.25, -0.2) is 4.98 Å². The Bertz CT molecular complexity index is 777. The van der Waals surface area contributed by atoms with E-state index in [-0.39, 0.29) is 0 Å². The van der Waals surface area contributed by atoms with Crippen molar-refractivity contribution in [3.8, 4) is 0 Å². The first kappa shape index (κ1) is 15.4. The van der Waals surface area contributed by atoms with Gasteiger partial charge in [0, 0.05) is 30.7 Å². The second-order valence-electron chi connectivity index (χ2n) is 6.83. The number of anilines is 2. The minimum absolute atomic E-state index is 0.805. The molecule has 0 radical (unpaired) electrons. The Balaban J connectivity index is 1.82. The lowest BCUT2D eigenvalue weighted by molar-refractivity contribution is 0.370. The van der Waals surface area contributed by atoms with Crippen molar-refractivity contribution in [2.75, 3.05) is 50.5 Å². The Morgan fingerprint density at radius 2 is 2.12 bits per heavy atom. The van der Waals surface area contributed by atoms with Crippen molar-refractivity contribution in [3.63, 3.8) is 0 Å². The van der Waals surface area contributed by atoms with E-state index >= 15 is 0 Å². The van der Waals surface area contributed by atoms with E-state index in [2.05, 4.69) is 46.4 Å². The molecule has 1 aromatic carbocycles. The lowest BCUT2D eigenvalue weighted by Gasteiger charge is -2.30. The van der Waals surface area contributed by atoms with Gasteiger partial charge in [-0.3, -0.25) is 5.32 Å². The number of hydrogen-bond donors (Lipinski definition) is 2. The van der Waals surface area contributed by atoms with Gasteiger partial charge in [-0.2, -0.15) is 0 Å². The van der Waals surface area contributed by atoms with Gasteiger partial charge in [0.15, 0.2) is 0 Å². The smallest absolute Gasteiger partial charge is 0.138 e. The summed E-state index contributed by atoms with van der Waals surface area (Å²) in [4.78, 5) is 9.74. The van der Waals surface area contributed by atoms with E-state index in [1.807, 2.05) is 6.07 Å². The Hall–Kier alpha value is -2.11. The third-order valence-electron chi connectivity index (χ3n) is 4.96. The molecule has 24 heavy (non-hydrogen) atoms. The Kier molecular flexibility index (Phi) is 4.12. The van der Waals surface area contributed by atoms with Crippen molar-refractivity contribution >= 4 is 27.9 Å². The molecule has 0 bridgehead atoms. The Morgan fingerprint density at radius 1 is 1.21 bits per heavy atom. The molecule has 126 valence electrons. The molecule has 1 fully saturated rings. The molecule has 0 atom stereocenters. The molecule has 2 aliphatic rings. The van der Waals surface area contributed by atoms with Crippen LogP contribution in [0.1, 0.15) is 18.5 Å². The number of pyridine rings is 1. The summed E-state index contributed by atoms with van der Waals surface area (Å²) in [6.45, 7) is 5.07. The molecule has 5 nitrogen and oxygen atoms in total. The highest BCUT2D eigenvalue weighted by molar-refractivity contribution is 5.96. The van der Waals surface area contributed by atoms with Crippen molar-refractivity contribution in [1.82, 2.24) is 15.2 Å². The maximum absolute atomic E-state index is 6.03. The normalized spacial score (nSPS) is 19.5. The minimum Gasteiger partial charge on any atom is -0.399 e. The summed E-state index contributed by atoms with van der Waals surface area (Å²) in [5.74, 6) is 1.08. The third kappa shape index (κ3) is 2.97. The van der Waals surface area contributed by atoms with Crippen LogP contribution in [0.5, 0.6) is 0 Å². The fourth-order valence-electron chi connectivity index (χ4n) is 3.54. The first-order valence-electron chi connectivity index (χ1n) is 8.74. The number of fused-ring (bicyclic) bond motifs is 1. The standard InChI is InChI=1S/C19H25N5/c1-23-9-5-14(6-10-23)18-12-15-11-16(20)3-4-17(15)19(22-18)24-8-2-7-21-13-24/h3-5,11-12,21H,2,6-10,13,20H2,1H3. The van der Waals surface area contributed by atoms with Gasteiger partial charge >= 0.3 is 0 Å². The number of benzene rings is 1. The number of nitrogens with zero attached hydrogens (tertiary/aromatic N) is 3. The van der Waals surface area contributed by atoms with Crippen molar-refractivity contribution < 1.29 is 0 Å². The van der Waals surface area contributed by atoms with Crippen LogP contribution in [0.3, 0.4) is 0 Å². The molecule has 0 saturated carbocycles. The van der Waals surface area contributed by atoms with E-state index in [0.717, 1.165) is 62.9 Å². The predicted octanol–water partition coefficient (Wildman–Crippen LogP) is 2.29. The second kappa shape index (κ2) is 6.42. The zero-order valence-electron chi connectivity index (χ0n) is 14.3. The van der Waals surface area contributed by atoms with Gasteiger partial charge in [0.25, 0.3) is 0 Å². The minimum atomic E-state index is 0.805. The van der Waals surface area contributed by atoms with Gasteiger partial charge in [-0.15, -0.1) is 0 Å². The molecule has 1 saturated heterocycles. The third-order valence-corrected chi connectivity index (χ3v) is 4.96. The van der Waals surface area contributed by atoms with Crippen molar-refractivity contribution in [2.24, 2.45) is 0 Å². The van der Waals surface area contributed by atoms with Crippen LogP contribution in [-0.4, -0.2) is 49.8 Å². The fourth-order valence-corrected chi connectivity index (χ4v) is 3.54. The maximum atomic E-state index is 6.03. The second-order valence-corrected chi connectivity index (χ2v) is 6.83. The SMILES string of the molecule is CN1CC=C(c2cc3cc(N)ccc3c(N3CCCNC3)n2)CC1. The van der Waals surface area contributed by atoms with Crippen LogP contribution in [0.15, 0.2) is 30.3 Å². The number of nitrogen functional groups attached to an aromatic ring is 1. The summed E-state index contributed by atoms with van der Waals surface area (Å²) in [5.41, 5.74) is 9.29. The molecule has 2 aromatic rings. The van der Waals surface area contributed by atoms with Crippen LogP contribution in [0, 0.1) is 0 Å². The molecule has 5 heteroatoms. The van der Waals surface area contributed by atoms with Gasteiger partial charge in [-0.05, 0) is 61.7 Å². The van der Waals surface area contributed by atoms with Crippen LogP contribution >= 0.6 is 0 Å². The Morgan fingerprint density at radius 3 is 2.88 bits per heavy atom. The molecule has 4 rings (SSSR count). The lowest BCUT2D eigenvalue weighted by atomic mass is 10.0. The number of likely N-dealkylation sites (N-methyl/N-ethyl adjacent to an activating group) is 1. The number of nitrogens with two attached hydrogens (primary N) is 1. The van der Waals surface area contributed by atoms with E-state index in [1.165, 1.54) is 16.3 Å². The van der Waals surface area contributed by atoms with Crippen molar-refractivity contribution in [3.05, 3.63) is 36.0 Å². The first-order valence-corrected chi connectivity index (χ1v) is 8.74. The van der Waals surface area contributed by atoms with Gasteiger partial charge in [0.2, 0.25) is 0 Å². The van der Waals surface area contributed by atoms with Gasteiger partial charge in [0.1, 0.15) is 5.82 Å². The lowest BCUT2D eigenvalue weighted by Crippen LogP contribution is -2.42. The van der Waals surface area contributed by atoms with E-state index in [9.17, 15) is 0 Å². The number of hydrogen-bond acceptors (Lipinski definition) is 5. The zero-order chi connectivity index (χ0) is 16.5. The summed E-state index contributed by atoms with van der Waals surface area (Å²) in [5, 5.41) is 5.82. The molecule has 0 spiro atoms. The van der Waals surface area contributed by atoms with E-state index in [4.69, 9.17) is 10.7 Å². The summed E-state index contributed by atoms with van der Waals surface area (Å²) >= 11 is 0. The van der Waals surface area contributed by atoms with Crippen LogP contribution in [0.2, 0.25) is 0 Å². The van der Waals surface area contributed by atoms with E-state index in [1.54, 1.807) is 0 Å². The summed E-state index contributed by atoms with van der Waals surface area (Å²) < 4.78 is 0.